The lowest BCUT2D eigenvalue weighted by Gasteiger charge is -2.09. The maximum absolute atomic E-state index is 12.0. The monoisotopic (exact) mass is 388 g/mol. The number of carbonyl (C=O) groups is 2. The summed E-state index contributed by atoms with van der Waals surface area (Å²) >= 11 is 0. The fraction of sp³-hybridized carbons (Fsp3) is 0.118. The zero-order valence-electron chi connectivity index (χ0n) is 14.2. The Morgan fingerprint density at radius 2 is 1.74 bits per heavy atom. The molecule has 3 N–H and O–H groups in total. The summed E-state index contributed by atoms with van der Waals surface area (Å²) in [6, 6.07) is 12.7. The topological polar surface area (TPSA) is 126 Å². The van der Waals surface area contributed by atoms with Gasteiger partial charge in [-0.15, -0.1) is 4.40 Å². The van der Waals surface area contributed by atoms with Gasteiger partial charge >= 0.3 is 6.09 Å². The van der Waals surface area contributed by atoms with Crippen LogP contribution in [0, 0.1) is 0 Å². The van der Waals surface area contributed by atoms with Crippen molar-refractivity contribution in [2.24, 2.45) is 4.40 Å². The van der Waals surface area contributed by atoms with Gasteiger partial charge in [-0.05, 0) is 43.3 Å². The minimum atomic E-state index is -3.71. The van der Waals surface area contributed by atoms with Crippen LogP contribution in [0.3, 0.4) is 0 Å². The first-order chi connectivity index (χ1) is 12.9. The average molecular weight is 388 g/mol. The van der Waals surface area contributed by atoms with Crippen LogP contribution in [0.1, 0.15) is 22.8 Å². The van der Waals surface area contributed by atoms with E-state index in [0.29, 0.717) is 16.8 Å². The van der Waals surface area contributed by atoms with Crippen molar-refractivity contribution >= 4 is 33.5 Å². The van der Waals surface area contributed by atoms with Crippen molar-refractivity contribution in [1.82, 2.24) is 10.9 Å². The van der Waals surface area contributed by atoms with Crippen LogP contribution < -0.4 is 16.2 Å². The van der Waals surface area contributed by atoms with Gasteiger partial charge in [0.2, 0.25) is 0 Å². The molecule has 1 aliphatic heterocycles. The third kappa shape index (κ3) is 4.06. The number of carbonyl (C=O) groups excluding carboxylic acids is 2. The SMILES string of the molecule is CCOC(=O)NNC(=O)c1ccc(NC2=NS(=O)(=O)c3ccccc32)cc1. The van der Waals surface area contributed by atoms with Crippen LogP contribution in [0.25, 0.3) is 0 Å². The first kappa shape index (κ1) is 18.4. The number of nitrogens with one attached hydrogen (secondary N) is 3. The van der Waals surface area contributed by atoms with E-state index in [4.69, 9.17) is 0 Å². The Labute approximate surface area is 155 Å². The van der Waals surface area contributed by atoms with Crippen molar-refractivity contribution < 1.29 is 22.7 Å². The number of benzene rings is 2. The lowest BCUT2D eigenvalue weighted by atomic mass is 10.1. The standard InChI is InChI=1S/C17H16N4O5S/c1-2-26-17(23)20-19-16(22)11-7-9-12(10-8-11)18-15-13-5-3-4-6-14(13)27(24,25)21-15/h3-10H,2H2,1H3,(H,18,21)(H,19,22)(H,20,23). The number of hydrogen-bond acceptors (Lipinski definition) is 6. The van der Waals surface area contributed by atoms with Crippen LogP contribution in [-0.4, -0.2) is 32.9 Å². The van der Waals surface area contributed by atoms with E-state index in [-0.39, 0.29) is 17.3 Å². The quantitative estimate of drug-likeness (QED) is 0.686. The highest BCUT2D eigenvalue weighted by molar-refractivity contribution is 7.90. The highest BCUT2D eigenvalue weighted by atomic mass is 32.2. The Morgan fingerprint density at radius 3 is 2.44 bits per heavy atom. The molecule has 3 rings (SSSR count). The molecule has 140 valence electrons. The van der Waals surface area contributed by atoms with Crippen molar-refractivity contribution in [3.8, 4) is 0 Å². The summed E-state index contributed by atoms with van der Waals surface area (Å²) in [6.45, 7) is 1.83. The summed E-state index contributed by atoms with van der Waals surface area (Å²) in [7, 11) is -3.71. The summed E-state index contributed by atoms with van der Waals surface area (Å²) in [6.07, 6.45) is -0.761. The molecule has 2 aromatic carbocycles. The number of hydrogen-bond donors (Lipinski definition) is 3. The zero-order valence-corrected chi connectivity index (χ0v) is 15.0. The minimum absolute atomic E-state index is 0.147. The molecule has 1 heterocycles. The van der Waals surface area contributed by atoms with Crippen LogP contribution in [0.2, 0.25) is 0 Å². The number of sulfonamides is 1. The number of amides is 2. The molecule has 2 aromatic rings. The van der Waals surface area contributed by atoms with E-state index in [2.05, 4.69) is 25.3 Å². The molecule has 2 amide bonds. The highest BCUT2D eigenvalue weighted by Gasteiger charge is 2.28. The first-order valence-corrected chi connectivity index (χ1v) is 9.39. The van der Waals surface area contributed by atoms with Crippen LogP contribution in [0.5, 0.6) is 0 Å². The summed E-state index contributed by atoms with van der Waals surface area (Å²) < 4.78 is 32.5. The van der Waals surface area contributed by atoms with Crippen molar-refractivity contribution in [2.45, 2.75) is 11.8 Å². The fourth-order valence-electron chi connectivity index (χ4n) is 2.38. The van der Waals surface area contributed by atoms with Crippen LogP contribution >= 0.6 is 0 Å². The zero-order chi connectivity index (χ0) is 19.4. The molecule has 0 fully saturated rings. The Kier molecular flexibility index (Phi) is 5.08. The molecular weight excluding hydrogens is 372 g/mol. The van der Waals surface area contributed by atoms with Gasteiger partial charge in [0, 0.05) is 16.8 Å². The lowest BCUT2D eigenvalue weighted by molar-refractivity contribution is 0.0912. The van der Waals surface area contributed by atoms with E-state index < -0.39 is 22.0 Å². The number of hydrazine groups is 1. The summed E-state index contributed by atoms with van der Waals surface area (Å²) in [5.74, 6) is -0.312. The third-order valence-electron chi connectivity index (χ3n) is 3.59. The predicted molar refractivity (Wildman–Crippen MR) is 97.9 cm³/mol. The first-order valence-electron chi connectivity index (χ1n) is 7.95. The molecular formula is C17H16N4O5S. The van der Waals surface area contributed by atoms with Crippen LogP contribution in [0.15, 0.2) is 57.8 Å². The number of fused-ring (bicyclic) bond motifs is 1. The molecule has 0 saturated carbocycles. The molecule has 0 spiro atoms. The number of amidine groups is 1. The highest BCUT2D eigenvalue weighted by Crippen LogP contribution is 2.26. The van der Waals surface area contributed by atoms with E-state index >= 15 is 0 Å². The second kappa shape index (κ2) is 7.46. The molecule has 0 aliphatic carbocycles. The average Bonchev–Trinajstić information content (AvgIpc) is 2.91. The molecule has 27 heavy (non-hydrogen) atoms. The van der Waals surface area contributed by atoms with Gasteiger partial charge in [-0.25, -0.2) is 10.2 Å². The lowest BCUT2D eigenvalue weighted by Crippen LogP contribution is -2.41. The molecule has 0 aromatic heterocycles. The second-order valence-corrected chi connectivity index (χ2v) is 6.99. The van der Waals surface area contributed by atoms with Crippen LogP contribution in [-0.2, 0) is 14.8 Å². The molecule has 0 saturated heterocycles. The van der Waals surface area contributed by atoms with E-state index in [0.717, 1.165) is 0 Å². The number of ether oxygens (including phenoxy) is 1. The van der Waals surface area contributed by atoms with Gasteiger partial charge in [-0.2, -0.15) is 8.42 Å². The maximum Gasteiger partial charge on any atom is 0.426 e. The van der Waals surface area contributed by atoms with Crippen molar-refractivity contribution in [3.63, 3.8) is 0 Å². The molecule has 9 nitrogen and oxygen atoms in total. The molecule has 0 bridgehead atoms. The van der Waals surface area contributed by atoms with Gasteiger partial charge in [0.25, 0.3) is 15.9 Å². The largest absolute Gasteiger partial charge is 0.449 e. The van der Waals surface area contributed by atoms with E-state index in [1.54, 1.807) is 37.3 Å². The predicted octanol–water partition coefficient (Wildman–Crippen LogP) is 1.64. The molecule has 0 atom stereocenters. The third-order valence-corrected chi connectivity index (χ3v) is 4.93. The van der Waals surface area contributed by atoms with Gasteiger partial charge in [0.15, 0.2) is 5.84 Å². The van der Waals surface area contributed by atoms with E-state index in [1.165, 1.54) is 18.2 Å². The van der Waals surface area contributed by atoms with Gasteiger partial charge in [0.05, 0.1) is 6.61 Å². The summed E-state index contributed by atoms with van der Waals surface area (Å²) in [5.41, 5.74) is 5.65. The van der Waals surface area contributed by atoms with Gasteiger partial charge in [-0.1, -0.05) is 12.1 Å². The number of nitrogens with zero attached hydrogens (tertiary/aromatic N) is 1. The molecule has 0 radical (unpaired) electrons. The Hall–Kier alpha value is -3.40. The maximum atomic E-state index is 12.0. The normalized spacial score (nSPS) is 13.9. The van der Waals surface area contributed by atoms with Crippen molar-refractivity contribution in [3.05, 3.63) is 59.7 Å². The Bertz CT molecular complexity index is 1020. The van der Waals surface area contributed by atoms with E-state index in [9.17, 15) is 18.0 Å². The Morgan fingerprint density at radius 1 is 1.04 bits per heavy atom. The van der Waals surface area contributed by atoms with E-state index in [1.807, 2.05) is 0 Å². The minimum Gasteiger partial charge on any atom is -0.449 e. The second-order valence-electron chi connectivity index (χ2n) is 5.41. The van der Waals surface area contributed by atoms with Crippen LogP contribution in [0.4, 0.5) is 10.5 Å². The fourth-order valence-corrected chi connectivity index (χ4v) is 3.56. The van der Waals surface area contributed by atoms with Gasteiger partial charge in [0.1, 0.15) is 4.90 Å². The Balaban J connectivity index is 1.68. The summed E-state index contributed by atoms with van der Waals surface area (Å²) in [5, 5.41) is 2.94. The molecule has 10 heteroatoms. The molecule has 0 unspecified atom stereocenters. The number of anilines is 1. The van der Waals surface area contributed by atoms with Gasteiger partial charge < -0.3 is 10.1 Å². The number of rotatable bonds is 3. The smallest absolute Gasteiger partial charge is 0.426 e. The van der Waals surface area contributed by atoms with Gasteiger partial charge in [-0.3, -0.25) is 10.2 Å². The van der Waals surface area contributed by atoms with Crippen molar-refractivity contribution in [1.29, 1.82) is 0 Å². The summed E-state index contributed by atoms with van der Waals surface area (Å²) in [4.78, 5) is 23.3. The van der Waals surface area contributed by atoms with Crippen molar-refractivity contribution in [2.75, 3.05) is 11.9 Å². The molecule has 1 aliphatic rings.